The van der Waals surface area contributed by atoms with Gasteiger partial charge in [-0.1, -0.05) is 12.1 Å². The van der Waals surface area contributed by atoms with E-state index in [9.17, 15) is 4.21 Å². The summed E-state index contributed by atoms with van der Waals surface area (Å²) in [6.07, 6.45) is 1.43. The first kappa shape index (κ1) is 8.27. The summed E-state index contributed by atoms with van der Waals surface area (Å²) in [6, 6.07) is 7.26. The number of rotatable bonds is 1. The van der Waals surface area contributed by atoms with Crippen molar-refractivity contribution in [3.63, 3.8) is 0 Å². The fourth-order valence-electron chi connectivity index (χ4n) is 0.858. The van der Waals surface area contributed by atoms with E-state index in [0.29, 0.717) is 4.90 Å². The molecule has 0 aromatic heterocycles. The zero-order valence-electron chi connectivity index (χ0n) is 6.63. The van der Waals surface area contributed by atoms with Crippen LogP contribution in [0.4, 0.5) is 0 Å². The van der Waals surface area contributed by atoms with E-state index < -0.39 is 9.73 Å². The van der Waals surface area contributed by atoms with Crippen LogP contribution < -0.4 is 0 Å². The van der Waals surface area contributed by atoms with Gasteiger partial charge in [0.1, 0.15) is 0 Å². The van der Waals surface area contributed by atoms with Gasteiger partial charge < -0.3 is 0 Å². The molecule has 1 atom stereocenters. The van der Waals surface area contributed by atoms with Crippen LogP contribution in [-0.2, 0) is 9.73 Å². The van der Waals surface area contributed by atoms with Crippen molar-refractivity contribution in [2.24, 2.45) is 0 Å². The van der Waals surface area contributed by atoms with Crippen molar-refractivity contribution < 1.29 is 4.21 Å². The molecule has 0 spiro atoms. The summed E-state index contributed by atoms with van der Waals surface area (Å²) in [5.74, 6) is 0. The minimum absolute atomic E-state index is 0.609. The van der Waals surface area contributed by atoms with E-state index in [2.05, 4.69) is 0 Å². The molecule has 0 aliphatic rings. The maximum Gasteiger partial charge on any atom is 0.0696 e. The molecule has 1 aromatic carbocycles. The van der Waals surface area contributed by atoms with E-state index in [1.54, 1.807) is 12.1 Å². The molecule has 0 heterocycles. The third-order valence-corrected chi connectivity index (χ3v) is 2.59. The van der Waals surface area contributed by atoms with Crippen molar-refractivity contribution in [1.29, 1.82) is 4.78 Å². The van der Waals surface area contributed by atoms with Crippen LogP contribution in [0.1, 0.15) is 5.56 Å². The Labute approximate surface area is 67.2 Å². The highest BCUT2D eigenvalue weighted by molar-refractivity contribution is 7.91. The van der Waals surface area contributed by atoms with Crippen LogP contribution >= 0.6 is 0 Å². The number of hydrogen-bond donors (Lipinski definition) is 1. The van der Waals surface area contributed by atoms with Gasteiger partial charge in [0.15, 0.2) is 0 Å². The Morgan fingerprint density at radius 1 is 1.45 bits per heavy atom. The second-order valence-electron chi connectivity index (χ2n) is 2.66. The monoisotopic (exact) mass is 169 g/mol. The van der Waals surface area contributed by atoms with Gasteiger partial charge >= 0.3 is 0 Å². The second kappa shape index (κ2) is 2.66. The Morgan fingerprint density at radius 3 is 2.45 bits per heavy atom. The van der Waals surface area contributed by atoms with Crippen LogP contribution in [0.15, 0.2) is 29.2 Å². The van der Waals surface area contributed by atoms with E-state index in [-0.39, 0.29) is 0 Å². The molecule has 0 bridgehead atoms. The van der Waals surface area contributed by atoms with E-state index in [1.807, 2.05) is 19.1 Å². The van der Waals surface area contributed by atoms with Crippen LogP contribution in [0.25, 0.3) is 0 Å². The molecule has 0 unspecified atom stereocenters. The second-order valence-corrected chi connectivity index (χ2v) is 4.82. The van der Waals surface area contributed by atoms with Gasteiger partial charge in [0.05, 0.1) is 9.73 Å². The SMILES string of the molecule is Cc1cccc([S@@](C)(=N)=O)c1. The largest absolute Gasteiger partial charge is 0.249 e. The molecule has 1 N–H and O–H groups in total. The molecular weight excluding hydrogens is 158 g/mol. The van der Waals surface area contributed by atoms with Crippen molar-refractivity contribution >= 4 is 9.73 Å². The van der Waals surface area contributed by atoms with Crippen molar-refractivity contribution in [3.8, 4) is 0 Å². The van der Waals surface area contributed by atoms with Gasteiger partial charge in [0, 0.05) is 11.2 Å². The maximum atomic E-state index is 11.2. The predicted molar refractivity (Wildman–Crippen MR) is 46.2 cm³/mol. The topological polar surface area (TPSA) is 40.9 Å². The summed E-state index contributed by atoms with van der Waals surface area (Å²) in [7, 11) is -2.53. The molecule has 0 amide bonds. The Hall–Kier alpha value is -0.830. The van der Waals surface area contributed by atoms with E-state index in [4.69, 9.17) is 4.78 Å². The highest BCUT2D eigenvalue weighted by Gasteiger charge is 2.00. The summed E-state index contributed by atoms with van der Waals surface area (Å²) in [5.41, 5.74) is 1.05. The summed E-state index contributed by atoms with van der Waals surface area (Å²) >= 11 is 0. The molecule has 1 rings (SSSR count). The average Bonchev–Trinajstić information content (AvgIpc) is 1.86. The molecule has 0 aliphatic carbocycles. The molecular formula is C8H11NOS. The van der Waals surface area contributed by atoms with Gasteiger partial charge in [-0.05, 0) is 24.6 Å². The van der Waals surface area contributed by atoms with Gasteiger partial charge in [-0.2, -0.15) is 0 Å². The molecule has 0 saturated carbocycles. The highest BCUT2D eigenvalue weighted by atomic mass is 32.2. The lowest BCUT2D eigenvalue weighted by molar-refractivity contribution is 0.679. The Bertz CT molecular complexity index is 354. The van der Waals surface area contributed by atoms with Crippen LogP contribution in [0.5, 0.6) is 0 Å². The molecule has 3 heteroatoms. The van der Waals surface area contributed by atoms with Crippen molar-refractivity contribution in [2.45, 2.75) is 11.8 Å². The zero-order valence-corrected chi connectivity index (χ0v) is 7.44. The van der Waals surface area contributed by atoms with Gasteiger partial charge in [0.2, 0.25) is 0 Å². The third kappa shape index (κ3) is 2.05. The zero-order chi connectivity index (χ0) is 8.48. The number of nitrogens with one attached hydrogen (secondary N) is 1. The summed E-state index contributed by atoms with van der Waals surface area (Å²) in [6.45, 7) is 1.93. The predicted octanol–water partition coefficient (Wildman–Crippen LogP) is 2.03. The third-order valence-electron chi connectivity index (χ3n) is 1.44. The highest BCUT2D eigenvalue weighted by Crippen LogP contribution is 2.10. The van der Waals surface area contributed by atoms with E-state index in [0.717, 1.165) is 5.56 Å². The first-order valence-corrected chi connectivity index (χ1v) is 5.27. The summed E-state index contributed by atoms with van der Waals surface area (Å²) in [4.78, 5) is 0.609. The van der Waals surface area contributed by atoms with E-state index in [1.165, 1.54) is 6.26 Å². The molecule has 60 valence electrons. The summed E-state index contributed by atoms with van der Waals surface area (Å²) in [5, 5.41) is 0. The molecule has 0 radical (unpaired) electrons. The van der Waals surface area contributed by atoms with Crippen LogP contribution in [-0.4, -0.2) is 10.5 Å². The average molecular weight is 169 g/mol. The van der Waals surface area contributed by atoms with Gasteiger partial charge in [-0.15, -0.1) is 0 Å². The van der Waals surface area contributed by atoms with Crippen LogP contribution in [0.2, 0.25) is 0 Å². The minimum Gasteiger partial charge on any atom is -0.249 e. The quantitative estimate of drug-likeness (QED) is 0.686. The Balaban J connectivity index is 3.28. The number of benzene rings is 1. The van der Waals surface area contributed by atoms with Crippen molar-refractivity contribution in [3.05, 3.63) is 29.8 Å². The van der Waals surface area contributed by atoms with Crippen molar-refractivity contribution in [1.82, 2.24) is 0 Å². The smallest absolute Gasteiger partial charge is 0.0696 e. The van der Waals surface area contributed by atoms with Crippen LogP contribution in [0.3, 0.4) is 0 Å². The fraction of sp³-hybridized carbons (Fsp3) is 0.250. The number of hydrogen-bond acceptors (Lipinski definition) is 2. The normalized spacial score (nSPS) is 15.8. The molecule has 11 heavy (non-hydrogen) atoms. The van der Waals surface area contributed by atoms with E-state index >= 15 is 0 Å². The van der Waals surface area contributed by atoms with Gasteiger partial charge in [-0.3, -0.25) is 0 Å². The molecule has 1 aromatic rings. The lowest BCUT2D eigenvalue weighted by atomic mass is 10.2. The van der Waals surface area contributed by atoms with Crippen molar-refractivity contribution in [2.75, 3.05) is 6.26 Å². The van der Waals surface area contributed by atoms with Gasteiger partial charge in [0.25, 0.3) is 0 Å². The standard InChI is InChI=1S/C8H11NOS/c1-7-4-3-5-8(6-7)11(2,9)10/h3-6,9H,1-2H3/t11-/m0/s1. The van der Waals surface area contributed by atoms with Crippen LogP contribution in [0, 0.1) is 11.7 Å². The lowest BCUT2D eigenvalue weighted by Gasteiger charge is -2.00. The first-order chi connectivity index (χ1) is 5.00. The number of aryl methyl sites for hydroxylation is 1. The van der Waals surface area contributed by atoms with Gasteiger partial charge in [-0.25, -0.2) is 8.99 Å². The maximum absolute atomic E-state index is 11.2. The Morgan fingerprint density at radius 2 is 2.09 bits per heavy atom. The summed E-state index contributed by atoms with van der Waals surface area (Å²) < 4.78 is 18.5. The molecule has 0 aliphatic heterocycles. The molecule has 0 fully saturated rings. The minimum atomic E-state index is -2.53. The molecule has 0 saturated heterocycles. The Kier molecular flexibility index (Phi) is 2.00. The fourth-order valence-corrected chi connectivity index (χ4v) is 1.61. The molecule has 2 nitrogen and oxygen atoms in total. The first-order valence-electron chi connectivity index (χ1n) is 3.30. The lowest BCUT2D eigenvalue weighted by Crippen LogP contribution is -1.94.